The average Bonchev–Trinajstić information content (AvgIpc) is 2.65. The molecule has 3 fully saturated rings. The van der Waals surface area contributed by atoms with Crippen LogP contribution >= 0.6 is 0 Å². The number of benzene rings is 1. The van der Waals surface area contributed by atoms with E-state index in [1.54, 1.807) is 12.1 Å². The maximum atomic E-state index is 10.8. The van der Waals surface area contributed by atoms with E-state index in [4.69, 9.17) is 0 Å². The molecule has 5 nitrogen and oxygen atoms in total. The second-order valence-electron chi connectivity index (χ2n) is 8.13. The molecule has 4 atom stereocenters. The molecule has 5 heteroatoms. The lowest BCUT2D eigenvalue weighted by Gasteiger charge is -2.53. The minimum absolute atomic E-state index is 0.168. The molecule has 4 rings (SSSR count). The SMILES string of the molecule is O=[N+]([O-])c1ccc(CNN2[C@@H]3CCCC[C@@H]3C[C@H]3CCCC[C@H]32)cc1. The summed E-state index contributed by atoms with van der Waals surface area (Å²) in [5.74, 6) is 1.72. The largest absolute Gasteiger partial charge is 0.269 e. The molecule has 1 aromatic carbocycles. The summed E-state index contributed by atoms with van der Waals surface area (Å²) in [6, 6.07) is 8.36. The van der Waals surface area contributed by atoms with Crippen LogP contribution in [0.1, 0.15) is 63.4 Å². The van der Waals surface area contributed by atoms with Crippen molar-refractivity contribution >= 4 is 5.69 Å². The summed E-state index contributed by atoms with van der Waals surface area (Å²) < 4.78 is 0. The molecule has 1 aliphatic heterocycles. The summed E-state index contributed by atoms with van der Waals surface area (Å²) >= 11 is 0. The van der Waals surface area contributed by atoms with Gasteiger partial charge in [0.15, 0.2) is 0 Å². The molecule has 136 valence electrons. The van der Waals surface area contributed by atoms with E-state index in [9.17, 15) is 10.1 Å². The highest BCUT2D eigenvalue weighted by Gasteiger charge is 2.44. The van der Waals surface area contributed by atoms with Gasteiger partial charge in [-0.1, -0.05) is 37.8 Å². The molecule has 0 amide bonds. The van der Waals surface area contributed by atoms with Gasteiger partial charge in [-0.3, -0.25) is 15.5 Å². The number of nitro groups is 1. The van der Waals surface area contributed by atoms with E-state index in [0.717, 1.165) is 23.9 Å². The van der Waals surface area contributed by atoms with Crippen LogP contribution in [0.3, 0.4) is 0 Å². The topological polar surface area (TPSA) is 58.4 Å². The fourth-order valence-electron chi connectivity index (χ4n) is 5.45. The van der Waals surface area contributed by atoms with Crippen LogP contribution in [0.4, 0.5) is 5.69 Å². The van der Waals surface area contributed by atoms with Crippen molar-refractivity contribution in [3.05, 3.63) is 39.9 Å². The number of non-ortho nitro benzene ring substituents is 1. The van der Waals surface area contributed by atoms with Gasteiger partial charge in [0.05, 0.1) is 4.92 Å². The van der Waals surface area contributed by atoms with Gasteiger partial charge in [-0.05, 0) is 49.5 Å². The molecule has 1 saturated heterocycles. The van der Waals surface area contributed by atoms with E-state index >= 15 is 0 Å². The highest BCUT2D eigenvalue weighted by molar-refractivity contribution is 5.32. The van der Waals surface area contributed by atoms with Gasteiger partial charge in [-0.25, -0.2) is 5.01 Å². The van der Waals surface area contributed by atoms with E-state index in [-0.39, 0.29) is 10.6 Å². The fourth-order valence-corrected chi connectivity index (χ4v) is 5.45. The first-order valence-corrected chi connectivity index (χ1v) is 9.97. The Morgan fingerprint density at radius 2 is 1.52 bits per heavy atom. The van der Waals surface area contributed by atoms with Gasteiger partial charge in [-0.15, -0.1) is 0 Å². The second-order valence-corrected chi connectivity index (χ2v) is 8.13. The Kier molecular flexibility index (Phi) is 5.04. The standard InChI is InChI=1S/C20H29N3O2/c24-23(25)18-11-9-15(10-12-18)14-21-22-19-7-3-1-5-16(19)13-17-6-2-4-8-20(17)22/h9-12,16-17,19-21H,1-8,13-14H2/t16-,17-,19-,20-/m1/s1. The van der Waals surface area contributed by atoms with Gasteiger partial charge in [0.2, 0.25) is 0 Å². The Balaban J connectivity index is 1.46. The van der Waals surface area contributed by atoms with Gasteiger partial charge in [0.1, 0.15) is 0 Å². The molecular weight excluding hydrogens is 314 g/mol. The minimum atomic E-state index is -0.332. The number of piperidine rings is 1. The van der Waals surface area contributed by atoms with Crippen LogP contribution in [0.15, 0.2) is 24.3 Å². The van der Waals surface area contributed by atoms with Gasteiger partial charge in [-0.2, -0.15) is 0 Å². The van der Waals surface area contributed by atoms with Crippen LogP contribution in [0.5, 0.6) is 0 Å². The van der Waals surface area contributed by atoms with Gasteiger partial charge in [0.25, 0.3) is 5.69 Å². The first-order chi connectivity index (χ1) is 12.2. The number of hydrogen-bond acceptors (Lipinski definition) is 4. The molecule has 3 aliphatic rings. The molecule has 0 radical (unpaired) electrons. The lowest BCUT2D eigenvalue weighted by molar-refractivity contribution is -0.384. The number of nitro benzene ring substituents is 1. The molecule has 0 bridgehead atoms. The predicted octanol–water partition coefficient (Wildman–Crippen LogP) is 4.42. The van der Waals surface area contributed by atoms with E-state index in [2.05, 4.69) is 10.4 Å². The zero-order valence-corrected chi connectivity index (χ0v) is 14.9. The number of hydrazine groups is 1. The maximum absolute atomic E-state index is 10.8. The molecule has 0 aromatic heterocycles. The number of hydrogen-bond donors (Lipinski definition) is 1. The van der Waals surface area contributed by atoms with Crippen LogP contribution in [0.25, 0.3) is 0 Å². The predicted molar refractivity (Wildman–Crippen MR) is 97.9 cm³/mol. The molecule has 1 heterocycles. The normalized spacial score (nSPS) is 32.6. The Bertz CT molecular complexity index is 581. The molecule has 2 aliphatic carbocycles. The van der Waals surface area contributed by atoms with Crippen molar-refractivity contribution in [1.29, 1.82) is 0 Å². The number of nitrogens with one attached hydrogen (secondary N) is 1. The van der Waals surface area contributed by atoms with Crippen molar-refractivity contribution in [2.24, 2.45) is 11.8 Å². The average molecular weight is 343 g/mol. The van der Waals surface area contributed by atoms with Crippen LogP contribution in [-0.2, 0) is 6.54 Å². The first kappa shape index (κ1) is 17.0. The van der Waals surface area contributed by atoms with Crippen LogP contribution in [0, 0.1) is 22.0 Å². The van der Waals surface area contributed by atoms with Gasteiger partial charge < -0.3 is 0 Å². The Labute approximate surface area is 149 Å². The third-order valence-electron chi connectivity index (χ3n) is 6.67. The monoisotopic (exact) mass is 343 g/mol. The lowest BCUT2D eigenvalue weighted by atomic mass is 9.69. The smallest absolute Gasteiger partial charge is 0.258 e. The highest BCUT2D eigenvalue weighted by atomic mass is 16.6. The van der Waals surface area contributed by atoms with Crippen molar-refractivity contribution in [2.45, 2.75) is 76.4 Å². The maximum Gasteiger partial charge on any atom is 0.269 e. The van der Waals surface area contributed by atoms with Crippen molar-refractivity contribution in [3.8, 4) is 0 Å². The number of rotatable bonds is 4. The van der Waals surface area contributed by atoms with Crippen molar-refractivity contribution in [3.63, 3.8) is 0 Å². The third kappa shape index (κ3) is 3.58. The summed E-state index contributed by atoms with van der Waals surface area (Å²) in [7, 11) is 0. The lowest BCUT2D eigenvalue weighted by Crippen LogP contribution is -2.61. The highest BCUT2D eigenvalue weighted by Crippen LogP contribution is 2.44. The summed E-state index contributed by atoms with van der Waals surface area (Å²) in [4.78, 5) is 10.5. The summed E-state index contributed by atoms with van der Waals surface area (Å²) in [6.07, 6.45) is 12.4. The van der Waals surface area contributed by atoms with E-state index in [1.165, 1.54) is 57.8 Å². The molecular formula is C20H29N3O2. The van der Waals surface area contributed by atoms with Crippen molar-refractivity contribution in [1.82, 2.24) is 10.4 Å². The molecule has 2 saturated carbocycles. The minimum Gasteiger partial charge on any atom is -0.258 e. The Morgan fingerprint density at radius 3 is 2.08 bits per heavy atom. The van der Waals surface area contributed by atoms with Crippen LogP contribution in [-0.4, -0.2) is 22.0 Å². The van der Waals surface area contributed by atoms with E-state index in [1.807, 2.05) is 12.1 Å². The molecule has 1 N–H and O–H groups in total. The zero-order valence-electron chi connectivity index (χ0n) is 14.9. The van der Waals surface area contributed by atoms with Gasteiger partial charge >= 0.3 is 0 Å². The molecule has 0 spiro atoms. The Morgan fingerprint density at radius 1 is 0.960 bits per heavy atom. The Hall–Kier alpha value is -1.46. The van der Waals surface area contributed by atoms with Crippen molar-refractivity contribution in [2.75, 3.05) is 0 Å². The van der Waals surface area contributed by atoms with E-state index < -0.39 is 0 Å². The molecule has 0 unspecified atom stereocenters. The summed E-state index contributed by atoms with van der Waals surface area (Å²) in [6.45, 7) is 0.768. The van der Waals surface area contributed by atoms with Crippen LogP contribution < -0.4 is 5.43 Å². The zero-order chi connectivity index (χ0) is 17.2. The second kappa shape index (κ2) is 7.42. The van der Waals surface area contributed by atoms with Crippen molar-refractivity contribution < 1.29 is 4.92 Å². The van der Waals surface area contributed by atoms with Crippen LogP contribution in [0.2, 0.25) is 0 Å². The molecule has 1 aromatic rings. The third-order valence-corrected chi connectivity index (χ3v) is 6.67. The van der Waals surface area contributed by atoms with Gasteiger partial charge in [0, 0.05) is 30.8 Å². The summed E-state index contributed by atoms with van der Waals surface area (Å²) in [5, 5.41) is 13.4. The first-order valence-electron chi connectivity index (χ1n) is 9.97. The molecule has 25 heavy (non-hydrogen) atoms. The quantitative estimate of drug-likeness (QED) is 0.649. The fraction of sp³-hybridized carbons (Fsp3) is 0.700. The summed E-state index contributed by atoms with van der Waals surface area (Å²) in [5.41, 5.74) is 5.04. The number of nitrogens with zero attached hydrogens (tertiary/aromatic N) is 2. The number of fused-ring (bicyclic) bond motifs is 2. The van der Waals surface area contributed by atoms with E-state index in [0.29, 0.717) is 12.1 Å².